The molecule has 0 aliphatic carbocycles. The Balaban J connectivity index is 1.84. The minimum absolute atomic E-state index is 0.118. The Morgan fingerprint density at radius 1 is 1.15 bits per heavy atom. The van der Waals surface area contributed by atoms with Crippen LogP contribution in [-0.4, -0.2) is 0 Å². The number of benzene rings is 2. The maximum atomic E-state index is 13.4. The van der Waals surface area contributed by atoms with Crippen molar-refractivity contribution in [3.63, 3.8) is 0 Å². The fraction of sp³-hybridized carbons (Fsp3) is 0.125. The Hall–Kier alpha value is -1.58. The lowest BCUT2D eigenvalue weighted by atomic mass is 10.2. The van der Waals surface area contributed by atoms with Crippen LogP contribution >= 0.6 is 22.9 Å². The van der Waals surface area contributed by atoms with E-state index in [0.717, 1.165) is 5.69 Å². The van der Waals surface area contributed by atoms with E-state index in [9.17, 15) is 4.39 Å². The van der Waals surface area contributed by atoms with Crippen LogP contribution in [-0.2, 0) is 0 Å². The zero-order valence-electron chi connectivity index (χ0n) is 10.9. The molecule has 2 aromatic carbocycles. The molecule has 20 heavy (non-hydrogen) atoms. The number of nitrogens with one attached hydrogen (secondary N) is 1. The summed E-state index contributed by atoms with van der Waals surface area (Å²) in [6.07, 6.45) is 0. The molecule has 0 amide bonds. The lowest BCUT2D eigenvalue weighted by Gasteiger charge is -2.13. The van der Waals surface area contributed by atoms with Gasteiger partial charge in [0.1, 0.15) is 5.82 Å². The molecule has 1 unspecified atom stereocenters. The Morgan fingerprint density at radius 3 is 2.70 bits per heavy atom. The van der Waals surface area contributed by atoms with Crippen LogP contribution in [0.25, 0.3) is 10.1 Å². The molecule has 102 valence electrons. The third-order valence-electron chi connectivity index (χ3n) is 3.17. The number of thiophene rings is 1. The topological polar surface area (TPSA) is 12.0 Å². The highest BCUT2D eigenvalue weighted by Crippen LogP contribution is 2.31. The number of fused-ring (bicyclic) bond motifs is 1. The maximum absolute atomic E-state index is 13.4. The fourth-order valence-electron chi connectivity index (χ4n) is 2.12. The summed E-state index contributed by atoms with van der Waals surface area (Å²) in [7, 11) is 0. The first kappa shape index (κ1) is 13.4. The summed E-state index contributed by atoms with van der Waals surface area (Å²) in [5.74, 6) is -0.403. The van der Waals surface area contributed by atoms with Gasteiger partial charge in [0.15, 0.2) is 0 Å². The van der Waals surface area contributed by atoms with Crippen molar-refractivity contribution < 1.29 is 4.39 Å². The first-order valence-corrected chi connectivity index (χ1v) is 7.53. The number of hydrogen-bond donors (Lipinski definition) is 1. The second-order valence-electron chi connectivity index (χ2n) is 4.68. The standard InChI is InChI=1S/C16H13ClFNS/c1-10(19-12-6-7-13(17)14(18)9-12)16-8-11-4-2-3-5-15(11)20-16/h2-10,19H,1H3. The van der Waals surface area contributed by atoms with Crippen molar-refractivity contribution in [1.82, 2.24) is 0 Å². The Morgan fingerprint density at radius 2 is 1.95 bits per heavy atom. The quantitative estimate of drug-likeness (QED) is 0.638. The summed E-state index contributed by atoms with van der Waals surface area (Å²) in [4.78, 5) is 1.22. The van der Waals surface area contributed by atoms with Crippen molar-refractivity contribution in [2.24, 2.45) is 0 Å². The van der Waals surface area contributed by atoms with E-state index in [0.29, 0.717) is 0 Å². The Labute approximate surface area is 126 Å². The summed E-state index contributed by atoms with van der Waals surface area (Å²) >= 11 is 7.44. The van der Waals surface area contributed by atoms with Crippen molar-refractivity contribution in [3.8, 4) is 0 Å². The molecule has 0 aliphatic rings. The lowest BCUT2D eigenvalue weighted by molar-refractivity contribution is 0.628. The average molecular weight is 306 g/mol. The molecule has 4 heteroatoms. The number of hydrogen-bond acceptors (Lipinski definition) is 2. The van der Waals surface area contributed by atoms with Crippen molar-refractivity contribution in [3.05, 3.63) is 64.2 Å². The summed E-state index contributed by atoms with van der Waals surface area (Å²) < 4.78 is 14.7. The zero-order valence-corrected chi connectivity index (χ0v) is 12.4. The van der Waals surface area contributed by atoms with Crippen LogP contribution in [0, 0.1) is 5.82 Å². The van der Waals surface area contributed by atoms with E-state index in [-0.39, 0.29) is 11.1 Å². The van der Waals surface area contributed by atoms with E-state index in [2.05, 4.69) is 30.4 Å². The molecule has 1 aromatic heterocycles. The molecule has 0 saturated heterocycles. The van der Waals surface area contributed by atoms with E-state index < -0.39 is 5.82 Å². The Bertz CT molecular complexity index is 720. The summed E-state index contributed by atoms with van der Waals surface area (Å²) in [5, 5.41) is 4.68. The van der Waals surface area contributed by atoms with Crippen LogP contribution in [0.3, 0.4) is 0 Å². The highest BCUT2D eigenvalue weighted by molar-refractivity contribution is 7.19. The molecule has 0 spiro atoms. The van der Waals surface area contributed by atoms with Gasteiger partial charge in [0, 0.05) is 15.3 Å². The van der Waals surface area contributed by atoms with Gasteiger partial charge >= 0.3 is 0 Å². The van der Waals surface area contributed by atoms with E-state index in [4.69, 9.17) is 11.6 Å². The third-order valence-corrected chi connectivity index (χ3v) is 4.78. The van der Waals surface area contributed by atoms with E-state index >= 15 is 0 Å². The van der Waals surface area contributed by atoms with Crippen molar-refractivity contribution >= 4 is 38.7 Å². The normalized spacial score (nSPS) is 12.6. The molecule has 1 N–H and O–H groups in total. The van der Waals surface area contributed by atoms with Gasteiger partial charge in [0.25, 0.3) is 0 Å². The van der Waals surface area contributed by atoms with E-state index in [1.165, 1.54) is 21.0 Å². The van der Waals surface area contributed by atoms with Crippen LogP contribution in [0.1, 0.15) is 17.8 Å². The van der Waals surface area contributed by atoms with Crippen LogP contribution in [0.5, 0.6) is 0 Å². The van der Waals surface area contributed by atoms with Crippen LogP contribution < -0.4 is 5.32 Å². The molecule has 0 fully saturated rings. The number of halogens is 2. The Kier molecular flexibility index (Phi) is 3.64. The largest absolute Gasteiger partial charge is 0.378 e. The molecule has 0 saturated carbocycles. The second-order valence-corrected chi connectivity index (χ2v) is 6.20. The predicted molar refractivity (Wildman–Crippen MR) is 85.3 cm³/mol. The smallest absolute Gasteiger partial charge is 0.143 e. The fourth-order valence-corrected chi connectivity index (χ4v) is 3.31. The molecule has 3 aromatic rings. The van der Waals surface area contributed by atoms with Gasteiger partial charge < -0.3 is 5.32 Å². The average Bonchev–Trinajstić information content (AvgIpc) is 2.87. The molecule has 1 nitrogen and oxygen atoms in total. The summed E-state index contributed by atoms with van der Waals surface area (Å²) in [6.45, 7) is 2.07. The molecule has 0 aliphatic heterocycles. The van der Waals surface area contributed by atoms with Crippen LogP contribution in [0.4, 0.5) is 10.1 Å². The molecule has 1 heterocycles. The van der Waals surface area contributed by atoms with Gasteiger partial charge in [-0.25, -0.2) is 4.39 Å². The molecule has 3 rings (SSSR count). The molecular formula is C16H13ClFNS. The van der Waals surface area contributed by atoms with Crippen molar-refractivity contribution in [2.75, 3.05) is 5.32 Å². The van der Waals surface area contributed by atoms with Gasteiger partial charge in [0.2, 0.25) is 0 Å². The number of anilines is 1. The molecular weight excluding hydrogens is 293 g/mol. The SMILES string of the molecule is CC(Nc1ccc(Cl)c(F)c1)c1cc2ccccc2s1. The van der Waals surface area contributed by atoms with Gasteiger partial charge in [-0.3, -0.25) is 0 Å². The highest BCUT2D eigenvalue weighted by Gasteiger charge is 2.10. The maximum Gasteiger partial charge on any atom is 0.143 e. The lowest BCUT2D eigenvalue weighted by Crippen LogP contribution is -2.04. The van der Waals surface area contributed by atoms with Gasteiger partial charge in [-0.05, 0) is 42.6 Å². The van der Waals surface area contributed by atoms with Crippen LogP contribution in [0.15, 0.2) is 48.5 Å². The monoisotopic (exact) mass is 305 g/mol. The van der Waals surface area contributed by atoms with Gasteiger partial charge in [-0.15, -0.1) is 11.3 Å². The zero-order chi connectivity index (χ0) is 14.1. The molecule has 0 bridgehead atoms. The number of rotatable bonds is 3. The summed E-state index contributed by atoms with van der Waals surface area (Å²) in [5.41, 5.74) is 0.733. The minimum atomic E-state index is -0.403. The second kappa shape index (κ2) is 5.43. The highest BCUT2D eigenvalue weighted by atomic mass is 35.5. The minimum Gasteiger partial charge on any atom is -0.378 e. The van der Waals surface area contributed by atoms with Crippen molar-refractivity contribution in [1.29, 1.82) is 0 Å². The van der Waals surface area contributed by atoms with Gasteiger partial charge in [0.05, 0.1) is 11.1 Å². The predicted octanol–water partition coefficient (Wildman–Crippen LogP) is 5.87. The van der Waals surface area contributed by atoms with E-state index in [1.807, 2.05) is 12.1 Å². The van der Waals surface area contributed by atoms with Crippen molar-refractivity contribution in [2.45, 2.75) is 13.0 Å². The molecule has 0 radical (unpaired) electrons. The van der Waals surface area contributed by atoms with E-state index in [1.54, 1.807) is 23.5 Å². The molecule has 1 atom stereocenters. The summed E-state index contributed by atoms with van der Waals surface area (Å²) in [6, 6.07) is 15.3. The first-order chi connectivity index (χ1) is 9.63. The third kappa shape index (κ3) is 2.65. The van der Waals surface area contributed by atoms with Gasteiger partial charge in [-0.1, -0.05) is 29.8 Å². The first-order valence-electron chi connectivity index (χ1n) is 6.33. The van der Waals surface area contributed by atoms with Crippen LogP contribution in [0.2, 0.25) is 5.02 Å². The van der Waals surface area contributed by atoms with Gasteiger partial charge in [-0.2, -0.15) is 0 Å².